The van der Waals surface area contributed by atoms with Gasteiger partial charge in [-0.15, -0.1) is 0 Å². The van der Waals surface area contributed by atoms with Crippen molar-refractivity contribution >= 4 is 16.9 Å². The van der Waals surface area contributed by atoms with Crippen LogP contribution in [0.4, 0.5) is 5.82 Å². The van der Waals surface area contributed by atoms with Crippen LogP contribution in [0.25, 0.3) is 11.0 Å². The molecular formula is C16H22N6. The first-order chi connectivity index (χ1) is 10.8. The molecule has 0 radical (unpaired) electrons. The van der Waals surface area contributed by atoms with Crippen LogP contribution >= 0.6 is 0 Å². The fourth-order valence-corrected chi connectivity index (χ4v) is 4.22. The molecule has 1 unspecified atom stereocenters. The highest BCUT2D eigenvalue weighted by atomic mass is 15.2. The number of hydrogen-bond donors (Lipinski definition) is 1. The maximum Gasteiger partial charge on any atom is 0.142 e. The van der Waals surface area contributed by atoms with Gasteiger partial charge in [0.25, 0.3) is 0 Å². The number of nitrogens with zero attached hydrogens (tertiary/aromatic N) is 5. The Morgan fingerprint density at radius 1 is 1.41 bits per heavy atom. The van der Waals surface area contributed by atoms with Crippen molar-refractivity contribution in [2.24, 2.45) is 11.8 Å². The van der Waals surface area contributed by atoms with Gasteiger partial charge in [0.15, 0.2) is 0 Å². The topological polar surface area (TPSA) is 71.8 Å². The van der Waals surface area contributed by atoms with Crippen molar-refractivity contribution in [2.45, 2.75) is 18.9 Å². The summed E-state index contributed by atoms with van der Waals surface area (Å²) in [5.41, 5.74) is 0.898. The molecule has 1 aliphatic carbocycles. The minimum absolute atomic E-state index is 0. The second-order valence-corrected chi connectivity index (χ2v) is 6.55. The van der Waals surface area contributed by atoms with Crippen LogP contribution in [0.5, 0.6) is 0 Å². The summed E-state index contributed by atoms with van der Waals surface area (Å²) >= 11 is 0. The van der Waals surface area contributed by atoms with Gasteiger partial charge in [-0.05, 0) is 30.7 Å². The Kier molecular flexibility index (Phi) is 3.23. The third-order valence-electron chi connectivity index (χ3n) is 5.31. The summed E-state index contributed by atoms with van der Waals surface area (Å²) in [7, 11) is 2.15. The summed E-state index contributed by atoms with van der Waals surface area (Å²) in [5, 5.41) is 9.93. The van der Waals surface area contributed by atoms with Crippen molar-refractivity contribution in [1.82, 2.24) is 19.9 Å². The number of aromatic amines is 1. The Labute approximate surface area is 131 Å². The van der Waals surface area contributed by atoms with E-state index in [4.69, 9.17) is 5.26 Å². The first-order valence-corrected chi connectivity index (χ1v) is 7.86. The van der Waals surface area contributed by atoms with Gasteiger partial charge in [0, 0.05) is 33.8 Å². The molecule has 6 heteroatoms. The van der Waals surface area contributed by atoms with Crippen LogP contribution < -0.4 is 4.90 Å². The lowest BCUT2D eigenvalue weighted by Crippen LogP contribution is -2.32. The molecular weight excluding hydrogens is 276 g/mol. The molecule has 3 heterocycles. The van der Waals surface area contributed by atoms with Gasteiger partial charge >= 0.3 is 0 Å². The molecule has 2 aliphatic rings. The van der Waals surface area contributed by atoms with Crippen molar-refractivity contribution in [2.75, 3.05) is 31.6 Å². The van der Waals surface area contributed by atoms with E-state index in [1.54, 1.807) is 6.33 Å². The maximum atomic E-state index is 8.84. The molecule has 4 rings (SSSR count). The Bertz CT molecular complexity index is 709. The van der Waals surface area contributed by atoms with Gasteiger partial charge < -0.3 is 9.88 Å². The van der Waals surface area contributed by atoms with Gasteiger partial charge in [-0.2, -0.15) is 5.26 Å². The monoisotopic (exact) mass is 298 g/mol. The summed E-state index contributed by atoms with van der Waals surface area (Å²) in [6, 6.07) is 4.85. The summed E-state index contributed by atoms with van der Waals surface area (Å²) in [6.07, 6.45) is 5.94. The molecule has 1 N–H and O–H groups in total. The summed E-state index contributed by atoms with van der Waals surface area (Å²) in [5.74, 6) is 2.47. The lowest BCUT2D eigenvalue weighted by molar-refractivity contribution is 0.340. The smallest absolute Gasteiger partial charge is 0.142 e. The van der Waals surface area contributed by atoms with Gasteiger partial charge in [-0.25, -0.2) is 9.97 Å². The van der Waals surface area contributed by atoms with Crippen molar-refractivity contribution in [3.63, 3.8) is 0 Å². The van der Waals surface area contributed by atoms with E-state index in [2.05, 4.69) is 37.9 Å². The van der Waals surface area contributed by atoms with E-state index < -0.39 is 0 Å². The third kappa shape index (κ3) is 2.13. The number of aromatic nitrogens is 3. The van der Waals surface area contributed by atoms with Crippen LogP contribution in [0.15, 0.2) is 18.6 Å². The molecule has 0 aromatic carbocycles. The molecule has 22 heavy (non-hydrogen) atoms. The Hall–Kier alpha value is -2.13. The molecule has 1 saturated carbocycles. The van der Waals surface area contributed by atoms with Gasteiger partial charge in [0.1, 0.15) is 17.8 Å². The average Bonchev–Trinajstić information content (AvgIpc) is 3.19. The number of rotatable bonds is 3. The van der Waals surface area contributed by atoms with E-state index in [1.165, 1.54) is 12.8 Å². The summed E-state index contributed by atoms with van der Waals surface area (Å²) in [4.78, 5) is 16.5. The van der Waals surface area contributed by atoms with E-state index in [1.807, 2.05) is 12.3 Å². The zero-order chi connectivity index (χ0) is 15.1. The van der Waals surface area contributed by atoms with Crippen LogP contribution in [0, 0.1) is 23.2 Å². The molecule has 2 aromatic heterocycles. The maximum absolute atomic E-state index is 8.84. The molecule has 0 amide bonds. The first-order valence-electron chi connectivity index (χ1n) is 7.86. The number of likely N-dealkylation sites (tertiary alicyclic amines) is 1. The lowest BCUT2D eigenvalue weighted by Gasteiger charge is -2.27. The van der Waals surface area contributed by atoms with Crippen molar-refractivity contribution in [3.05, 3.63) is 18.6 Å². The fraction of sp³-hybridized carbons (Fsp3) is 0.562. The zero-order valence-corrected chi connectivity index (χ0v) is 12.7. The van der Waals surface area contributed by atoms with Crippen molar-refractivity contribution < 1.29 is 1.43 Å². The van der Waals surface area contributed by atoms with Crippen LogP contribution in [0.3, 0.4) is 0 Å². The van der Waals surface area contributed by atoms with Gasteiger partial charge in [0.2, 0.25) is 0 Å². The normalized spacial score (nSPS) is 27.9. The Morgan fingerprint density at radius 2 is 2.18 bits per heavy atom. The van der Waals surface area contributed by atoms with Crippen LogP contribution in [0.1, 0.15) is 14.3 Å². The van der Waals surface area contributed by atoms with E-state index in [9.17, 15) is 0 Å². The van der Waals surface area contributed by atoms with E-state index in [0.29, 0.717) is 12.6 Å². The lowest BCUT2D eigenvalue weighted by atomic mass is 10.0. The number of H-pyrrole nitrogens is 1. The third-order valence-corrected chi connectivity index (χ3v) is 5.31. The number of anilines is 1. The quantitative estimate of drug-likeness (QED) is 0.876. The second-order valence-electron chi connectivity index (χ2n) is 6.55. The fourth-order valence-electron chi connectivity index (χ4n) is 4.22. The molecule has 0 spiro atoms. The van der Waals surface area contributed by atoms with Gasteiger partial charge in [-0.3, -0.25) is 4.90 Å². The molecule has 1 saturated heterocycles. The molecule has 116 valence electrons. The molecule has 2 aromatic rings. The number of fused-ring (bicyclic) bond motifs is 2. The molecule has 3 atom stereocenters. The highest BCUT2D eigenvalue weighted by Gasteiger charge is 2.42. The summed E-state index contributed by atoms with van der Waals surface area (Å²) in [6.45, 7) is 2.72. The Balaban J connectivity index is 0.00000156. The van der Waals surface area contributed by atoms with Crippen molar-refractivity contribution in [1.29, 1.82) is 5.26 Å². The highest BCUT2D eigenvalue weighted by molar-refractivity contribution is 5.87. The molecule has 1 aliphatic heterocycles. The number of hydrogen-bond acceptors (Lipinski definition) is 5. The molecule has 2 fully saturated rings. The predicted molar refractivity (Wildman–Crippen MR) is 86.5 cm³/mol. The number of nitriles is 1. The minimum atomic E-state index is 0. The van der Waals surface area contributed by atoms with Crippen LogP contribution in [0.2, 0.25) is 0 Å². The predicted octanol–water partition coefficient (Wildman–Crippen LogP) is 1.87. The van der Waals surface area contributed by atoms with Crippen molar-refractivity contribution in [3.8, 4) is 6.07 Å². The minimum Gasteiger partial charge on any atom is -0.356 e. The number of nitrogens with one attached hydrogen (secondary N) is 1. The van der Waals surface area contributed by atoms with Gasteiger partial charge in [-0.1, -0.05) is 0 Å². The molecule has 0 bridgehead atoms. The van der Waals surface area contributed by atoms with E-state index in [0.717, 1.165) is 41.8 Å². The van der Waals surface area contributed by atoms with Crippen LogP contribution in [-0.4, -0.2) is 52.6 Å². The Morgan fingerprint density at radius 3 is 2.91 bits per heavy atom. The van der Waals surface area contributed by atoms with E-state index in [-0.39, 0.29) is 1.43 Å². The average molecular weight is 298 g/mol. The summed E-state index contributed by atoms with van der Waals surface area (Å²) < 4.78 is 0. The second kappa shape index (κ2) is 5.25. The first kappa shape index (κ1) is 13.5. The standard InChI is InChI=1S/C16H20N6.H2/c1-21(16-14-2-4-18-15(14)19-10-20-16)13-6-11-8-22(5-3-17)9-12(11)7-13;/h2,4,10-13H,5-9H2,1H3,(H,18,19,20);1H/t11-,12+,13?;. The SMILES string of the molecule is CN(c1ncnc2[nH]ccc12)C1C[C@@H]2CN(CC#N)C[C@@H]2C1.[HH]. The highest BCUT2D eigenvalue weighted by Crippen LogP contribution is 2.41. The van der Waals surface area contributed by atoms with Crippen LogP contribution in [-0.2, 0) is 0 Å². The molecule has 6 nitrogen and oxygen atoms in total. The van der Waals surface area contributed by atoms with E-state index >= 15 is 0 Å². The van der Waals surface area contributed by atoms with Gasteiger partial charge in [0.05, 0.1) is 18.0 Å². The largest absolute Gasteiger partial charge is 0.356 e. The zero-order valence-electron chi connectivity index (χ0n) is 12.7.